The Hall–Kier alpha value is -1.89. The second-order valence-corrected chi connectivity index (χ2v) is 4.86. The van der Waals surface area contributed by atoms with Crippen molar-refractivity contribution in [2.24, 2.45) is 0 Å². The minimum absolute atomic E-state index is 0.233. The standard InChI is InChI=1S/C12H11F2N3OS/c1-2-4-9-16-17-12(19-9)15-11(18)10-7(13)5-3-6-8(10)14/h3,5-6H,2,4H2,1H3,(H,15,17,18). The molecule has 2 rings (SSSR count). The monoisotopic (exact) mass is 283 g/mol. The Morgan fingerprint density at radius 1 is 1.32 bits per heavy atom. The van der Waals surface area contributed by atoms with E-state index < -0.39 is 23.1 Å². The van der Waals surface area contributed by atoms with Gasteiger partial charge < -0.3 is 0 Å². The van der Waals surface area contributed by atoms with Crippen LogP contribution in [0.3, 0.4) is 0 Å². The average molecular weight is 283 g/mol. The van der Waals surface area contributed by atoms with Crippen molar-refractivity contribution >= 4 is 22.4 Å². The van der Waals surface area contributed by atoms with Gasteiger partial charge in [0.25, 0.3) is 5.91 Å². The molecule has 0 aliphatic heterocycles. The van der Waals surface area contributed by atoms with E-state index in [1.165, 1.54) is 17.4 Å². The van der Waals surface area contributed by atoms with Gasteiger partial charge in [0.05, 0.1) is 0 Å². The molecule has 0 saturated carbocycles. The van der Waals surface area contributed by atoms with Crippen LogP contribution < -0.4 is 5.32 Å². The number of rotatable bonds is 4. The number of aromatic nitrogens is 2. The van der Waals surface area contributed by atoms with E-state index in [9.17, 15) is 13.6 Å². The van der Waals surface area contributed by atoms with Gasteiger partial charge in [-0.15, -0.1) is 10.2 Å². The van der Waals surface area contributed by atoms with Crippen LogP contribution in [0.15, 0.2) is 18.2 Å². The van der Waals surface area contributed by atoms with Crippen molar-refractivity contribution in [1.29, 1.82) is 0 Å². The Morgan fingerprint density at radius 2 is 2.00 bits per heavy atom. The van der Waals surface area contributed by atoms with E-state index in [4.69, 9.17) is 0 Å². The molecule has 0 atom stereocenters. The highest BCUT2D eigenvalue weighted by molar-refractivity contribution is 7.15. The van der Waals surface area contributed by atoms with Gasteiger partial charge >= 0.3 is 0 Å². The molecule has 0 bridgehead atoms. The summed E-state index contributed by atoms with van der Waals surface area (Å²) in [4.78, 5) is 11.8. The molecule has 7 heteroatoms. The fraction of sp³-hybridized carbons (Fsp3) is 0.250. The predicted octanol–water partition coefficient (Wildman–Crippen LogP) is 3.02. The van der Waals surface area contributed by atoms with Gasteiger partial charge in [-0.25, -0.2) is 8.78 Å². The minimum Gasteiger partial charge on any atom is -0.296 e. The lowest BCUT2D eigenvalue weighted by molar-refractivity contribution is 0.101. The molecule has 1 aromatic heterocycles. The molecule has 0 fully saturated rings. The maximum absolute atomic E-state index is 13.4. The van der Waals surface area contributed by atoms with Crippen molar-refractivity contribution in [2.75, 3.05) is 5.32 Å². The molecule has 0 saturated heterocycles. The summed E-state index contributed by atoms with van der Waals surface area (Å²) in [7, 11) is 0. The highest BCUT2D eigenvalue weighted by Crippen LogP contribution is 2.19. The molecule has 0 unspecified atom stereocenters. The fourth-order valence-electron chi connectivity index (χ4n) is 1.49. The van der Waals surface area contributed by atoms with Crippen LogP contribution in [-0.2, 0) is 6.42 Å². The van der Waals surface area contributed by atoms with Gasteiger partial charge in [0.15, 0.2) is 0 Å². The van der Waals surface area contributed by atoms with E-state index in [0.717, 1.165) is 30.0 Å². The lowest BCUT2D eigenvalue weighted by atomic mass is 10.2. The molecule has 100 valence electrons. The maximum atomic E-state index is 13.4. The van der Waals surface area contributed by atoms with Crippen LogP contribution in [-0.4, -0.2) is 16.1 Å². The van der Waals surface area contributed by atoms with Crippen molar-refractivity contribution in [3.63, 3.8) is 0 Å². The number of carbonyl (C=O) groups excluding carboxylic acids is 1. The molecule has 0 aliphatic rings. The van der Waals surface area contributed by atoms with Gasteiger partial charge in [0, 0.05) is 6.42 Å². The fourth-order valence-corrected chi connectivity index (χ4v) is 2.33. The molecule has 2 aromatic rings. The summed E-state index contributed by atoms with van der Waals surface area (Å²) < 4.78 is 26.8. The molecule has 1 N–H and O–H groups in total. The summed E-state index contributed by atoms with van der Waals surface area (Å²) in [5, 5.41) is 11.0. The molecular weight excluding hydrogens is 272 g/mol. The number of halogens is 2. The molecule has 0 aliphatic carbocycles. The van der Waals surface area contributed by atoms with Crippen LogP contribution in [0.2, 0.25) is 0 Å². The Kier molecular flexibility index (Phi) is 4.16. The summed E-state index contributed by atoms with van der Waals surface area (Å²) >= 11 is 1.19. The minimum atomic E-state index is -0.907. The van der Waals surface area contributed by atoms with E-state index >= 15 is 0 Å². The summed E-state index contributed by atoms with van der Waals surface area (Å²) in [5.74, 6) is -2.68. The van der Waals surface area contributed by atoms with Crippen molar-refractivity contribution in [1.82, 2.24) is 10.2 Å². The Morgan fingerprint density at radius 3 is 2.63 bits per heavy atom. The number of nitrogens with zero attached hydrogens (tertiary/aromatic N) is 2. The van der Waals surface area contributed by atoms with E-state index in [1.807, 2.05) is 6.92 Å². The number of hydrogen-bond acceptors (Lipinski definition) is 4. The average Bonchev–Trinajstić information content (AvgIpc) is 2.77. The molecule has 1 amide bonds. The number of nitrogens with one attached hydrogen (secondary N) is 1. The first-order valence-corrected chi connectivity index (χ1v) is 6.51. The van der Waals surface area contributed by atoms with Crippen LogP contribution in [0.25, 0.3) is 0 Å². The second-order valence-electron chi connectivity index (χ2n) is 3.80. The number of benzene rings is 1. The lowest BCUT2D eigenvalue weighted by Gasteiger charge is -2.03. The van der Waals surface area contributed by atoms with E-state index in [2.05, 4.69) is 15.5 Å². The summed E-state index contributed by atoms with van der Waals surface area (Å²) in [6.45, 7) is 1.99. The molecule has 1 aromatic carbocycles. The molecule has 4 nitrogen and oxygen atoms in total. The number of anilines is 1. The SMILES string of the molecule is CCCc1nnc(NC(=O)c2c(F)cccc2F)s1. The number of carbonyl (C=O) groups is 1. The van der Waals surface area contributed by atoms with Gasteiger partial charge in [-0.05, 0) is 18.6 Å². The Labute approximate surface area is 112 Å². The van der Waals surface area contributed by atoms with Crippen LogP contribution >= 0.6 is 11.3 Å². The van der Waals surface area contributed by atoms with E-state index in [1.54, 1.807) is 0 Å². The van der Waals surface area contributed by atoms with Crippen LogP contribution in [0.4, 0.5) is 13.9 Å². The maximum Gasteiger partial charge on any atom is 0.263 e. The van der Waals surface area contributed by atoms with Gasteiger partial charge in [0.1, 0.15) is 22.2 Å². The highest BCUT2D eigenvalue weighted by atomic mass is 32.1. The topological polar surface area (TPSA) is 54.9 Å². The van der Waals surface area contributed by atoms with Gasteiger partial charge in [0.2, 0.25) is 5.13 Å². The van der Waals surface area contributed by atoms with Crippen molar-refractivity contribution in [2.45, 2.75) is 19.8 Å². The van der Waals surface area contributed by atoms with Gasteiger partial charge in [-0.1, -0.05) is 24.3 Å². The van der Waals surface area contributed by atoms with Gasteiger partial charge in [-0.2, -0.15) is 0 Å². The first kappa shape index (κ1) is 13.5. The predicted molar refractivity (Wildman–Crippen MR) is 68.2 cm³/mol. The number of aryl methyl sites for hydroxylation is 1. The Balaban J connectivity index is 2.16. The van der Waals surface area contributed by atoms with Gasteiger partial charge in [-0.3, -0.25) is 10.1 Å². The highest BCUT2D eigenvalue weighted by Gasteiger charge is 2.18. The summed E-state index contributed by atoms with van der Waals surface area (Å²) in [6.07, 6.45) is 1.66. The zero-order valence-electron chi connectivity index (χ0n) is 10.1. The molecule has 1 heterocycles. The zero-order valence-corrected chi connectivity index (χ0v) is 10.9. The third-order valence-electron chi connectivity index (χ3n) is 2.34. The molecule has 0 spiro atoms. The van der Waals surface area contributed by atoms with Crippen LogP contribution in [0.5, 0.6) is 0 Å². The third kappa shape index (κ3) is 3.11. The lowest BCUT2D eigenvalue weighted by Crippen LogP contribution is -2.15. The molecule has 0 radical (unpaired) electrons. The summed E-state index contributed by atoms with van der Waals surface area (Å²) in [5.41, 5.74) is -0.616. The van der Waals surface area contributed by atoms with Crippen molar-refractivity contribution in [3.05, 3.63) is 40.4 Å². The zero-order chi connectivity index (χ0) is 13.8. The first-order valence-electron chi connectivity index (χ1n) is 5.69. The second kappa shape index (κ2) is 5.83. The molecular formula is C12H11F2N3OS. The Bertz CT molecular complexity index is 580. The number of hydrogen-bond donors (Lipinski definition) is 1. The smallest absolute Gasteiger partial charge is 0.263 e. The van der Waals surface area contributed by atoms with E-state index in [-0.39, 0.29) is 5.13 Å². The van der Waals surface area contributed by atoms with Crippen molar-refractivity contribution < 1.29 is 13.6 Å². The van der Waals surface area contributed by atoms with Crippen molar-refractivity contribution in [3.8, 4) is 0 Å². The van der Waals surface area contributed by atoms with Crippen LogP contribution in [0, 0.1) is 11.6 Å². The quantitative estimate of drug-likeness (QED) is 0.938. The number of amides is 1. The largest absolute Gasteiger partial charge is 0.296 e. The van der Waals surface area contributed by atoms with E-state index in [0.29, 0.717) is 0 Å². The summed E-state index contributed by atoms with van der Waals surface area (Å²) in [6, 6.07) is 3.26. The third-order valence-corrected chi connectivity index (χ3v) is 3.24. The normalized spacial score (nSPS) is 10.5. The first-order chi connectivity index (χ1) is 9.11. The molecule has 19 heavy (non-hydrogen) atoms. The van der Waals surface area contributed by atoms with Crippen LogP contribution in [0.1, 0.15) is 28.7 Å².